The monoisotopic (exact) mass is 228 g/mol. The summed E-state index contributed by atoms with van der Waals surface area (Å²) in [5.41, 5.74) is 2.03. The first-order valence-corrected chi connectivity index (χ1v) is 6.78. The molecule has 1 aromatic rings. The van der Waals surface area contributed by atoms with Gasteiger partial charge >= 0.3 is 0 Å². The third-order valence-electron chi connectivity index (χ3n) is 2.67. The smallest absolute Gasteiger partial charge is 0.211 e. The van der Waals surface area contributed by atoms with Crippen molar-refractivity contribution >= 4 is 10.0 Å². The zero-order chi connectivity index (χ0) is 11.1. The fourth-order valence-electron chi connectivity index (χ4n) is 1.84. The number of nitrogens with zero attached hydrogens (tertiary/aromatic N) is 3. The lowest BCUT2D eigenvalue weighted by Crippen LogP contribution is -2.35. The molecule has 1 aromatic heterocycles. The van der Waals surface area contributed by atoms with Crippen LogP contribution >= 0.6 is 0 Å². The van der Waals surface area contributed by atoms with Gasteiger partial charge < -0.3 is 0 Å². The minimum atomic E-state index is -3.09. The Kier molecular flexibility index (Phi) is 2.56. The van der Waals surface area contributed by atoms with E-state index in [1.54, 1.807) is 0 Å². The number of fused-ring (bicyclic) bond motifs is 1. The van der Waals surface area contributed by atoms with Crippen LogP contribution in [0.4, 0.5) is 0 Å². The van der Waals surface area contributed by atoms with Crippen LogP contribution in [-0.4, -0.2) is 35.3 Å². The molecule has 5 nitrogen and oxygen atoms in total. The van der Waals surface area contributed by atoms with Gasteiger partial charge in [-0.15, -0.1) is 0 Å². The van der Waals surface area contributed by atoms with Crippen molar-refractivity contribution in [3.8, 4) is 0 Å². The van der Waals surface area contributed by atoms with E-state index in [1.807, 2.05) is 11.6 Å². The fraction of sp³-hybridized carbons (Fsp3) is 0.667. The summed E-state index contributed by atoms with van der Waals surface area (Å²) < 4.78 is 26.1. The van der Waals surface area contributed by atoms with Crippen molar-refractivity contribution < 1.29 is 8.42 Å². The number of hydrogen-bond donors (Lipinski definition) is 0. The summed E-state index contributed by atoms with van der Waals surface area (Å²) in [6.07, 6.45) is 4.85. The second-order valence-corrected chi connectivity index (χ2v) is 5.68. The van der Waals surface area contributed by atoms with E-state index in [-0.39, 0.29) is 0 Å². The molecule has 0 fully saturated rings. The quantitative estimate of drug-likeness (QED) is 0.717. The minimum Gasteiger partial charge on any atom is -0.269 e. The van der Waals surface area contributed by atoms with Gasteiger partial charge in [-0.1, -0.05) is 0 Å². The first-order chi connectivity index (χ1) is 7.02. The van der Waals surface area contributed by atoms with Crippen molar-refractivity contribution in [1.29, 1.82) is 0 Å². The second kappa shape index (κ2) is 3.61. The minimum absolute atomic E-state index is 0.411. The SMILES string of the molecule is CCn1n[c]c2c1CCN(S(C)(=O)=O)C2. The normalized spacial score (nSPS) is 17.7. The molecular formula is C9H14N3O2S. The lowest BCUT2D eigenvalue weighted by molar-refractivity contribution is 0.387. The molecule has 0 unspecified atom stereocenters. The second-order valence-electron chi connectivity index (χ2n) is 3.70. The van der Waals surface area contributed by atoms with E-state index in [9.17, 15) is 8.42 Å². The Morgan fingerprint density at radius 3 is 2.87 bits per heavy atom. The van der Waals surface area contributed by atoms with Crippen molar-refractivity contribution in [2.75, 3.05) is 12.8 Å². The average molecular weight is 228 g/mol. The molecule has 1 aliphatic rings. The highest BCUT2D eigenvalue weighted by Gasteiger charge is 2.25. The number of aromatic nitrogens is 2. The molecule has 0 N–H and O–H groups in total. The highest BCUT2D eigenvalue weighted by Crippen LogP contribution is 2.19. The van der Waals surface area contributed by atoms with E-state index in [4.69, 9.17) is 0 Å². The maximum atomic E-state index is 11.4. The van der Waals surface area contributed by atoms with Crippen LogP contribution in [0, 0.1) is 6.20 Å². The zero-order valence-corrected chi connectivity index (χ0v) is 9.71. The van der Waals surface area contributed by atoms with Gasteiger partial charge in [0.1, 0.15) is 6.20 Å². The van der Waals surface area contributed by atoms with E-state index < -0.39 is 10.0 Å². The third kappa shape index (κ3) is 1.91. The Morgan fingerprint density at radius 2 is 2.27 bits per heavy atom. The Morgan fingerprint density at radius 1 is 1.53 bits per heavy atom. The maximum Gasteiger partial charge on any atom is 0.211 e. The van der Waals surface area contributed by atoms with Crippen LogP contribution < -0.4 is 0 Å². The molecule has 6 heteroatoms. The molecule has 0 spiro atoms. The molecule has 0 amide bonds. The van der Waals surface area contributed by atoms with Crippen molar-refractivity contribution in [3.05, 3.63) is 17.5 Å². The molecular weight excluding hydrogens is 214 g/mol. The summed E-state index contributed by atoms with van der Waals surface area (Å²) in [5.74, 6) is 0. The van der Waals surface area contributed by atoms with Crippen LogP contribution in [0.25, 0.3) is 0 Å². The van der Waals surface area contributed by atoms with Gasteiger partial charge in [0.25, 0.3) is 0 Å². The molecule has 0 aliphatic carbocycles. The van der Waals surface area contributed by atoms with E-state index in [0.29, 0.717) is 13.1 Å². The van der Waals surface area contributed by atoms with Gasteiger partial charge in [-0.3, -0.25) is 4.68 Å². The molecule has 0 saturated carbocycles. The summed E-state index contributed by atoms with van der Waals surface area (Å²) in [6, 6.07) is 0. The summed E-state index contributed by atoms with van der Waals surface area (Å²) in [7, 11) is -3.09. The van der Waals surface area contributed by atoms with E-state index in [1.165, 1.54) is 10.6 Å². The topological polar surface area (TPSA) is 55.2 Å². The molecule has 0 saturated heterocycles. The van der Waals surface area contributed by atoms with Crippen LogP contribution in [0.1, 0.15) is 18.2 Å². The Bertz CT molecular complexity index is 464. The summed E-state index contributed by atoms with van der Waals surface area (Å²) in [5, 5.41) is 4.10. The number of aryl methyl sites for hydroxylation is 1. The van der Waals surface area contributed by atoms with Crippen LogP contribution in [0.3, 0.4) is 0 Å². The summed E-state index contributed by atoms with van der Waals surface area (Å²) in [4.78, 5) is 0. The molecule has 83 valence electrons. The Hall–Kier alpha value is -0.880. The Labute approximate surface area is 89.7 Å². The molecule has 1 aliphatic heterocycles. The predicted molar refractivity (Wildman–Crippen MR) is 55.7 cm³/mol. The molecule has 1 radical (unpaired) electrons. The predicted octanol–water partition coefficient (Wildman–Crippen LogP) is 0.0209. The summed E-state index contributed by atoms with van der Waals surface area (Å²) in [6.45, 7) is 3.79. The number of hydrogen-bond acceptors (Lipinski definition) is 3. The van der Waals surface area contributed by atoms with Crippen molar-refractivity contribution in [3.63, 3.8) is 0 Å². The van der Waals surface area contributed by atoms with E-state index in [0.717, 1.165) is 24.2 Å². The summed E-state index contributed by atoms with van der Waals surface area (Å²) >= 11 is 0. The average Bonchev–Trinajstić information content (AvgIpc) is 2.58. The van der Waals surface area contributed by atoms with Gasteiger partial charge in [-0.25, -0.2) is 8.42 Å². The van der Waals surface area contributed by atoms with Gasteiger partial charge in [-0.2, -0.15) is 9.40 Å². The lowest BCUT2D eigenvalue weighted by atomic mass is 10.1. The molecule has 15 heavy (non-hydrogen) atoms. The van der Waals surface area contributed by atoms with Crippen molar-refractivity contribution in [2.45, 2.75) is 26.4 Å². The van der Waals surface area contributed by atoms with E-state index in [2.05, 4.69) is 11.3 Å². The molecule has 0 aromatic carbocycles. The zero-order valence-electron chi connectivity index (χ0n) is 8.89. The highest BCUT2D eigenvalue weighted by molar-refractivity contribution is 7.88. The molecule has 2 heterocycles. The van der Waals surface area contributed by atoms with Gasteiger partial charge in [0.15, 0.2) is 0 Å². The van der Waals surface area contributed by atoms with E-state index >= 15 is 0 Å². The molecule has 0 bridgehead atoms. The van der Waals surface area contributed by atoms with Crippen LogP contribution in [0.15, 0.2) is 0 Å². The lowest BCUT2D eigenvalue weighted by Gasteiger charge is -2.24. The van der Waals surface area contributed by atoms with Crippen molar-refractivity contribution in [1.82, 2.24) is 14.1 Å². The first-order valence-electron chi connectivity index (χ1n) is 4.93. The van der Waals surface area contributed by atoms with Crippen LogP contribution in [0.5, 0.6) is 0 Å². The maximum absolute atomic E-state index is 11.4. The van der Waals surface area contributed by atoms with Crippen LogP contribution in [-0.2, 0) is 29.5 Å². The molecule has 2 rings (SSSR count). The standard InChI is InChI=1S/C9H14N3O2S/c1-3-12-9-4-5-11(15(2,13)14)7-8(9)6-10-12/h3-5,7H2,1-2H3. The largest absolute Gasteiger partial charge is 0.269 e. The van der Waals surface area contributed by atoms with Gasteiger partial charge in [0, 0.05) is 37.3 Å². The number of sulfonamides is 1. The van der Waals surface area contributed by atoms with Gasteiger partial charge in [0.05, 0.1) is 6.26 Å². The van der Waals surface area contributed by atoms with Gasteiger partial charge in [-0.05, 0) is 6.92 Å². The first kappa shape index (κ1) is 10.6. The van der Waals surface area contributed by atoms with Gasteiger partial charge in [0.2, 0.25) is 10.0 Å². The van der Waals surface area contributed by atoms with Crippen molar-refractivity contribution in [2.24, 2.45) is 0 Å². The van der Waals surface area contributed by atoms with Crippen LogP contribution in [0.2, 0.25) is 0 Å². The Balaban J connectivity index is 2.29. The molecule has 0 atom stereocenters. The highest BCUT2D eigenvalue weighted by atomic mass is 32.2. The fourth-order valence-corrected chi connectivity index (χ4v) is 2.63. The third-order valence-corrected chi connectivity index (χ3v) is 3.92. The number of rotatable bonds is 2.